The molecule has 2 unspecified atom stereocenters. The van der Waals surface area contributed by atoms with Crippen LogP contribution in [-0.2, 0) is 4.79 Å². The highest BCUT2D eigenvalue weighted by atomic mass is 16.2. The summed E-state index contributed by atoms with van der Waals surface area (Å²) in [5, 5.41) is 0. The second-order valence-electron chi connectivity index (χ2n) is 10.5. The molecule has 2 aliphatic heterocycles. The summed E-state index contributed by atoms with van der Waals surface area (Å²) >= 11 is 0. The number of aromatic amines is 1. The Bertz CT molecular complexity index is 916. The molecule has 2 aliphatic carbocycles. The molecule has 2 saturated heterocycles. The van der Waals surface area contributed by atoms with Gasteiger partial charge in [0.15, 0.2) is 0 Å². The number of aromatic nitrogens is 1. The van der Waals surface area contributed by atoms with Gasteiger partial charge in [0.05, 0.1) is 0 Å². The normalized spacial score (nSPS) is 30.6. The van der Waals surface area contributed by atoms with Gasteiger partial charge in [0, 0.05) is 54.8 Å². The molecular weight excluding hydrogens is 366 g/mol. The number of nitrogens with one attached hydrogen (secondary N) is 1. The molecule has 6 nitrogen and oxygen atoms in total. The zero-order valence-corrected chi connectivity index (χ0v) is 17.5. The van der Waals surface area contributed by atoms with E-state index in [-0.39, 0.29) is 28.2 Å². The van der Waals surface area contributed by atoms with E-state index in [4.69, 9.17) is 0 Å². The van der Waals surface area contributed by atoms with Crippen LogP contribution in [0.4, 0.5) is 0 Å². The van der Waals surface area contributed by atoms with Crippen molar-refractivity contribution in [1.29, 1.82) is 0 Å². The van der Waals surface area contributed by atoms with Gasteiger partial charge in [0.25, 0.3) is 5.91 Å². The maximum Gasteiger partial charge on any atom is 0.254 e. The zero-order chi connectivity index (χ0) is 20.4. The van der Waals surface area contributed by atoms with E-state index in [1.165, 1.54) is 6.07 Å². The van der Waals surface area contributed by atoms with E-state index in [9.17, 15) is 14.4 Å². The SMILES string of the molecule is CC1(C)CCC1C(=O)N1CCC2(CCN(C(=O)c3cc(C4CC4)[nH]c(=O)c3)C2)C1. The average molecular weight is 398 g/mol. The van der Waals surface area contributed by atoms with Crippen LogP contribution in [0, 0.1) is 16.7 Å². The lowest BCUT2D eigenvalue weighted by atomic mass is 9.62. The Morgan fingerprint density at radius 2 is 1.69 bits per heavy atom. The third-order valence-electron chi connectivity index (χ3n) is 7.92. The highest BCUT2D eigenvalue weighted by molar-refractivity contribution is 5.94. The Morgan fingerprint density at radius 1 is 1.00 bits per heavy atom. The first-order valence-electron chi connectivity index (χ1n) is 11.1. The van der Waals surface area contributed by atoms with Crippen LogP contribution < -0.4 is 5.56 Å². The molecule has 4 fully saturated rings. The van der Waals surface area contributed by atoms with Gasteiger partial charge in [-0.25, -0.2) is 0 Å². The number of carbonyl (C=O) groups is 2. The predicted molar refractivity (Wildman–Crippen MR) is 110 cm³/mol. The smallest absolute Gasteiger partial charge is 0.254 e. The van der Waals surface area contributed by atoms with Gasteiger partial charge < -0.3 is 14.8 Å². The van der Waals surface area contributed by atoms with Crippen LogP contribution in [0.2, 0.25) is 0 Å². The lowest BCUT2D eigenvalue weighted by Crippen LogP contribution is -2.47. The van der Waals surface area contributed by atoms with E-state index >= 15 is 0 Å². The second kappa shape index (κ2) is 6.44. The van der Waals surface area contributed by atoms with Gasteiger partial charge in [0.1, 0.15) is 0 Å². The molecule has 0 bridgehead atoms. The fraction of sp³-hybridized carbons (Fsp3) is 0.696. The highest BCUT2D eigenvalue weighted by Gasteiger charge is 2.50. The first-order valence-corrected chi connectivity index (χ1v) is 11.1. The number of rotatable bonds is 3. The molecule has 0 radical (unpaired) electrons. The number of pyridine rings is 1. The summed E-state index contributed by atoms with van der Waals surface area (Å²) in [6.07, 6.45) is 6.22. The Morgan fingerprint density at radius 3 is 2.31 bits per heavy atom. The van der Waals surface area contributed by atoms with Crippen molar-refractivity contribution >= 4 is 11.8 Å². The first kappa shape index (κ1) is 18.9. The van der Waals surface area contributed by atoms with Crippen molar-refractivity contribution in [2.45, 2.75) is 58.3 Å². The minimum absolute atomic E-state index is 0.0275. The van der Waals surface area contributed by atoms with Crippen molar-refractivity contribution in [2.75, 3.05) is 26.2 Å². The molecule has 6 heteroatoms. The second-order valence-corrected chi connectivity index (χ2v) is 10.5. The minimum atomic E-state index is -0.188. The Balaban J connectivity index is 1.26. The molecule has 1 N–H and O–H groups in total. The number of carbonyl (C=O) groups excluding carboxylic acids is 2. The van der Waals surface area contributed by atoms with Gasteiger partial charge in [-0.2, -0.15) is 0 Å². The van der Waals surface area contributed by atoms with Gasteiger partial charge in [-0.3, -0.25) is 14.4 Å². The van der Waals surface area contributed by atoms with Crippen molar-refractivity contribution in [3.05, 3.63) is 33.7 Å². The first-order chi connectivity index (χ1) is 13.8. The Hall–Kier alpha value is -2.11. The summed E-state index contributed by atoms with van der Waals surface area (Å²) < 4.78 is 0. The molecule has 1 aromatic heterocycles. The van der Waals surface area contributed by atoms with E-state index in [2.05, 4.69) is 23.7 Å². The standard InChI is InChI=1S/C23H31N3O3/c1-22(2)6-5-17(22)21(29)26-10-8-23(14-26)7-9-25(13-23)20(28)16-11-18(15-3-4-15)24-19(27)12-16/h11-12,15,17H,3-10,13-14H2,1-2H3,(H,24,27). The van der Waals surface area contributed by atoms with Crippen LogP contribution in [-0.4, -0.2) is 52.8 Å². The van der Waals surface area contributed by atoms with E-state index in [0.717, 1.165) is 57.3 Å². The summed E-state index contributed by atoms with van der Waals surface area (Å²) in [6, 6.07) is 3.30. The molecule has 4 aliphatic rings. The maximum absolute atomic E-state index is 13.1. The molecule has 156 valence electrons. The minimum Gasteiger partial charge on any atom is -0.342 e. The van der Waals surface area contributed by atoms with Crippen LogP contribution in [0.1, 0.15) is 74.3 Å². The number of hydrogen-bond donors (Lipinski definition) is 1. The van der Waals surface area contributed by atoms with Crippen LogP contribution in [0.25, 0.3) is 0 Å². The summed E-state index contributed by atoms with van der Waals surface area (Å²) in [5.74, 6) is 0.838. The van der Waals surface area contributed by atoms with Gasteiger partial charge >= 0.3 is 0 Å². The largest absolute Gasteiger partial charge is 0.342 e. The molecule has 1 spiro atoms. The zero-order valence-electron chi connectivity index (χ0n) is 17.5. The van der Waals surface area contributed by atoms with E-state index in [0.29, 0.717) is 30.5 Å². The van der Waals surface area contributed by atoms with Crippen LogP contribution >= 0.6 is 0 Å². The molecule has 3 heterocycles. The van der Waals surface area contributed by atoms with E-state index in [1.54, 1.807) is 0 Å². The molecule has 5 rings (SSSR count). The van der Waals surface area contributed by atoms with Crippen molar-refractivity contribution < 1.29 is 9.59 Å². The fourth-order valence-corrected chi connectivity index (χ4v) is 5.59. The monoisotopic (exact) mass is 397 g/mol. The topological polar surface area (TPSA) is 73.5 Å². The summed E-state index contributed by atoms with van der Waals surface area (Å²) in [6.45, 7) is 7.36. The van der Waals surface area contributed by atoms with Gasteiger partial charge in [-0.1, -0.05) is 13.8 Å². The van der Waals surface area contributed by atoms with Crippen LogP contribution in [0.3, 0.4) is 0 Å². The van der Waals surface area contributed by atoms with Crippen molar-refractivity contribution in [3.8, 4) is 0 Å². The van der Waals surface area contributed by atoms with Crippen LogP contribution in [0.5, 0.6) is 0 Å². The Kier molecular flexibility index (Phi) is 4.20. The molecular formula is C23H31N3O3. The molecule has 29 heavy (non-hydrogen) atoms. The number of nitrogens with zero attached hydrogens (tertiary/aromatic N) is 2. The summed E-state index contributed by atoms with van der Waals surface area (Å²) in [4.78, 5) is 44.9. The molecule has 2 atom stereocenters. The lowest BCUT2D eigenvalue weighted by Gasteiger charge is -2.45. The van der Waals surface area contributed by atoms with Gasteiger partial charge in [-0.05, 0) is 55.9 Å². The number of amides is 2. The van der Waals surface area contributed by atoms with Crippen molar-refractivity contribution in [1.82, 2.24) is 14.8 Å². The third kappa shape index (κ3) is 3.30. The van der Waals surface area contributed by atoms with E-state index < -0.39 is 0 Å². The Labute approximate surface area is 171 Å². The lowest BCUT2D eigenvalue weighted by molar-refractivity contribution is -0.144. The molecule has 2 amide bonds. The van der Waals surface area contributed by atoms with E-state index in [1.807, 2.05) is 11.0 Å². The molecule has 2 saturated carbocycles. The summed E-state index contributed by atoms with van der Waals surface area (Å²) in [5.41, 5.74) is 1.38. The maximum atomic E-state index is 13.1. The van der Waals surface area contributed by atoms with Gasteiger partial charge in [-0.15, -0.1) is 0 Å². The number of likely N-dealkylation sites (tertiary alicyclic amines) is 2. The van der Waals surface area contributed by atoms with Gasteiger partial charge in [0.2, 0.25) is 11.5 Å². The fourth-order valence-electron chi connectivity index (χ4n) is 5.59. The highest BCUT2D eigenvalue weighted by Crippen LogP contribution is 2.48. The molecule has 0 aromatic carbocycles. The predicted octanol–water partition coefficient (Wildman–Crippen LogP) is 2.75. The summed E-state index contributed by atoms with van der Waals surface area (Å²) in [7, 11) is 0. The average Bonchev–Trinajstić information content (AvgIpc) is 3.33. The van der Waals surface area contributed by atoms with Crippen molar-refractivity contribution in [3.63, 3.8) is 0 Å². The number of hydrogen-bond acceptors (Lipinski definition) is 3. The quantitative estimate of drug-likeness (QED) is 0.852. The van der Waals surface area contributed by atoms with Crippen molar-refractivity contribution in [2.24, 2.45) is 16.7 Å². The third-order valence-corrected chi connectivity index (χ3v) is 7.92. The molecule has 1 aromatic rings. The van der Waals surface area contributed by atoms with Crippen LogP contribution in [0.15, 0.2) is 16.9 Å². The number of H-pyrrole nitrogens is 1.